The Balaban J connectivity index is 1.61. The summed E-state index contributed by atoms with van der Waals surface area (Å²) in [6, 6.07) is 2.06. The molecular weight excluding hydrogens is 302 g/mol. The molecule has 0 radical (unpaired) electrons. The van der Waals surface area contributed by atoms with Crippen molar-refractivity contribution in [2.75, 3.05) is 44.7 Å². The van der Waals surface area contributed by atoms with E-state index in [-0.39, 0.29) is 6.04 Å². The minimum Gasteiger partial charge on any atom is -0.338 e. The third kappa shape index (κ3) is 3.86. The van der Waals surface area contributed by atoms with E-state index in [1.807, 2.05) is 24.8 Å². The maximum Gasteiger partial charge on any atom is 0.240 e. The van der Waals surface area contributed by atoms with Crippen LogP contribution in [0.4, 0.5) is 5.95 Å². The summed E-state index contributed by atoms with van der Waals surface area (Å²) in [5.41, 5.74) is 1.99. The van der Waals surface area contributed by atoms with Crippen LogP contribution >= 0.6 is 0 Å². The average molecular weight is 331 g/mol. The predicted molar refractivity (Wildman–Crippen MR) is 95.2 cm³/mol. The highest BCUT2D eigenvalue weighted by atomic mass is 16.2. The molecule has 2 saturated heterocycles. The number of hydrogen-bond acceptors (Lipinski definition) is 5. The Kier molecular flexibility index (Phi) is 5.33. The zero-order chi connectivity index (χ0) is 17.1. The SMILES string of the molecule is Cc1cc(C)nc(N2CCN(C(=O)C3CCCCCN3C)CC2)n1. The van der Waals surface area contributed by atoms with E-state index in [9.17, 15) is 4.79 Å². The minimum atomic E-state index is 0.0662. The number of nitrogens with zero attached hydrogens (tertiary/aromatic N) is 5. The molecule has 0 N–H and O–H groups in total. The Hall–Kier alpha value is -1.69. The maximum absolute atomic E-state index is 12.9. The van der Waals surface area contributed by atoms with Crippen LogP contribution < -0.4 is 4.90 Å². The van der Waals surface area contributed by atoms with Gasteiger partial charge in [0.05, 0.1) is 6.04 Å². The summed E-state index contributed by atoms with van der Waals surface area (Å²) in [5, 5.41) is 0. The second-order valence-electron chi connectivity index (χ2n) is 7.11. The number of anilines is 1. The molecule has 6 nitrogen and oxygen atoms in total. The summed E-state index contributed by atoms with van der Waals surface area (Å²) in [6.45, 7) is 8.18. The van der Waals surface area contributed by atoms with Gasteiger partial charge in [0.15, 0.2) is 0 Å². The minimum absolute atomic E-state index is 0.0662. The van der Waals surface area contributed by atoms with E-state index in [2.05, 4.69) is 26.8 Å². The first-order valence-electron chi connectivity index (χ1n) is 9.11. The van der Waals surface area contributed by atoms with Gasteiger partial charge in [0, 0.05) is 37.6 Å². The molecule has 1 aromatic rings. The van der Waals surface area contributed by atoms with Crippen molar-refractivity contribution in [2.24, 2.45) is 0 Å². The number of carbonyl (C=O) groups excluding carboxylic acids is 1. The van der Waals surface area contributed by atoms with Crippen LogP contribution in [0, 0.1) is 13.8 Å². The van der Waals surface area contributed by atoms with E-state index >= 15 is 0 Å². The molecule has 1 amide bonds. The Morgan fingerprint density at radius 3 is 2.33 bits per heavy atom. The Labute approximate surface area is 144 Å². The predicted octanol–water partition coefficient (Wildman–Crippen LogP) is 1.62. The van der Waals surface area contributed by atoms with Gasteiger partial charge in [-0.05, 0) is 46.3 Å². The van der Waals surface area contributed by atoms with Crippen LogP contribution in [-0.4, -0.2) is 71.5 Å². The Bertz CT molecular complexity index is 563. The number of hydrogen-bond donors (Lipinski definition) is 0. The molecule has 3 heterocycles. The van der Waals surface area contributed by atoms with Gasteiger partial charge in [-0.25, -0.2) is 9.97 Å². The molecule has 0 aliphatic carbocycles. The van der Waals surface area contributed by atoms with E-state index in [4.69, 9.17) is 0 Å². The van der Waals surface area contributed by atoms with E-state index in [1.165, 1.54) is 12.8 Å². The first kappa shape index (κ1) is 17.1. The summed E-state index contributed by atoms with van der Waals surface area (Å²) in [4.78, 5) is 28.5. The molecule has 2 aliphatic heterocycles. The lowest BCUT2D eigenvalue weighted by Crippen LogP contribution is -2.54. The van der Waals surface area contributed by atoms with Gasteiger partial charge in [0.1, 0.15) is 0 Å². The summed E-state index contributed by atoms with van der Waals surface area (Å²) in [6.07, 6.45) is 4.61. The molecule has 3 rings (SSSR count). The van der Waals surface area contributed by atoms with Crippen LogP contribution in [0.2, 0.25) is 0 Å². The molecule has 0 saturated carbocycles. The Morgan fingerprint density at radius 1 is 1.00 bits per heavy atom. The maximum atomic E-state index is 12.9. The van der Waals surface area contributed by atoms with Gasteiger partial charge in [0.2, 0.25) is 11.9 Å². The molecule has 2 fully saturated rings. The molecule has 6 heteroatoms. The van der Waals surface area contributed by atoms with Crippen LogP contribution in [0.1, 0.15) is 37.1 Å². The van der Waals surface area contributed by atoms with Gasteiger partial charge in [-0.2, -0.15) is 0 Å². The van der Waals surface area contributed by atoms with Crippen molar-refractivity contribution in [1.82, 2.24) is 19.8 Å². The zero-order valence-corrected chi connectivity index (χ0v) is 15.2. The molecule has 1 unspecified atom stereocenters. The largest absolute Gasteiger partial charge is 0.338 e. The van der Waals surface area contributed by atoms with Crippen molar-refractivity contribution < 1.29 is 4.79 Å². The summed E-state index contributed by atoms with van der Waals surface area (Å²) in [5.74, 6) is 1.10. The van der Waals surface area contributed by atoms with Crippen LogP contribution in [0.5, 0.6) is 0 Å². The highest BCUT2D eigenvalue weighted by molar-refractivity contribution is 5.82. The van der Waals surface area contributed by atoms with Gasteiger partial charge in [-0.1, -0.05) is 12.8 Å². The highest BCUT2D eigenvalue weighted by Crippen LogP contribution is 2.19. The number of amides is 1. The van der Waals surface area contributed by atoms with Gasteiger partial charge < -0.3 is 9.80 Å². The van der Waals surface area contributed by atoms with Gasteiger partial charge in [0.25, 0.3) is 0 Å². The second kappa shape index (κ2) is 7.47. The third-order valence-electron chi connectivity index (χ3n) is 5.15. The molecule has 0 spiro atoms. The molecular formula is C18H29N5O. The number of rotatable bonds is 2. The number of aryl methyl sites for hydroxylation is 2. The van der Waals surface area contributed by atoms with Crippen molar-refractivity contribution in [3.05, 3.63) is 17.5 Å². The topological polar surface area (TPSA) is 52.6 Å². The number of likely N-dealkylation sites (tertiary alicyclic amines) is 1. The van der Waals surface area contributed by atoms with Crippen molar-refractivity contribution in [1.29, 1.82) is 0 Å². The molecule has 0 aromatic carbocycles. The lowest BCUT2D eigenvalue weighted by atomic mass is 10.1. The van der Waals surface area contributed by atoms with Crippen molar-refractivity contribution in [3.63, 3.8) is 0 Å². The molecule has 1 atom stereocenters. The van der Waals surface area contributed by atoms with Gasteiger partial charge >= 0.3 is 0 Å². The lowest BCUT2D eigenvalue weighted by Gasteiger charge is -2.38. The van der Waals surface area contributed by atoms with Crippen LogP contribution in [0.3, 0.4) is 0 Å². The highest BCUT2D eigenvalue weighted by Gasteiger charge is 2.31. The van der Waals surface area contributed by atoms with Crippen LogP contribution in [0.15, 0.2) is 6.07 Å². The first-order chi connectivity index (χ1) is 11.5. The number of carbonyl (C=O) groups is 1. The van der Waals surface area contributed by atoms with Crippen LogP contribution in [0.25, 0.3) is 0 Å². The molecule has 132 valence electrons. The fourth-order valence-corrected chi connectivity index (χ4v) is 3.75. The molecule has 24 heavy (non-hydrogen) atoms. The summed E-state index contributed by atoms with van der Waals surface area (Å²) >= 11 is 0. The number of likely N-dealkylation sites (N-methyl/N-ethyl adjacent to an activating group) is 1. The standard InChI is InChI=1S/C18H29N5O/c1-14-13-15(2)20-18(19-14)23-11-9-22(10-12-23)17(24)16-7-5-4-6-8-21(16)3/h13,16H,4-12H2,1-3H3. The fraction of sp³-hybridized carbons (Fsp3) is 0.722. The third-order valence-corrected chi connectivity index (χ3v) is 5.15. The van der Waals surface area contributed by atoms with E-state index in [0.717, 1.165) is 62.9 Å². The van der Waals surface area contributed by atoms with Crippen molar-refractivity contribution in [2.45, 2.75) is 45.6 Å². The van der Waals surface area contributed by atoms with Gasteiger partial charge in [-0.15, -0.1) is 0 Å². The fourth-order valence-electron chi connectivity index (χ4n) is 3.75. The van der Waals surface area contributed by atoms with Crippen molar-refractivity contribution >= 4 is 11.9 Å². The summed E-state index contributed by atoms with van der Waals surface area (Å²) < 4.78 is 0. The quantitative estimate of drug-likeness (QED) is 0.824. The second-order valence-corrected chi connectivity index (χ2v) is 7.11. The van der Waals surface area contributed by atoms with E-state index < -0.39 is 0 Å². The molecule has 1 aromatic heterocycles. The normalized spacial score (nSPS) is 23.2. The van der Waals surface area contributed by atoms with Crippen LogP contribution in [-0.2, 0) is 4.79 Å². The van der Waals surface area contributed by atoms with Crippen molar-refractivity contribution in [3.8, 4) is 0 Å². The monoisotopic (exact) mass is 331 g/mol. The molecule has 0 bridgehead atoms. The smallest absolute Gasteiger partial charge is 0.240 e. The van der Waals surface area contributed by atoms with Gasteiger partial charge in [-0.3, -0.25) is 9.69 Å². The zero-order valence-electron chi connectivity index (χ0n) is 15.2. The average Bonchev–Trinajstić information content (AvgIpc) is 2.78. The van der Waals surface area contributed by atoms with E-state index in [0.29, 0.717) is 5.91 Å². The number of piperazine rings is 1. The summed E-state index contributed by atoms with van der Waals surface area (Å²) in [7, 11) is 2.09. The first-order valence-corrected chi connectivity index (χ1v) is 9.11. The van der Waals surface area contributed by atoms with E-state index in [1.54, 1.807) is 0 Å². The molecule has 2 aliphatic rings. The lowest BCUT2D eigenvalue weighted by molar-refractivity contribution is -0.137. The Morgan fingerprint density at radius 2 is 1.67 bits per heavy atom. The number of aromatic nitrogens is 2.